The largest absolute Gasteiger partial charge is 0.441 e. The molecule has 0 aliphatic carbocycles. The Morgan fingerprint density at radius 1 is 1.22 bits per heavy atom. The van der Waals surface area contributed by atoms with Gasteiger partial charge in [0, 0.05) is 0 Å². The predicted molar refractivity (Wildman–Crippen MR) is 115 cm³/mol. The Morgan fingerprint density at radius 3 is 2.41 bits per heavy atom. The van der Waals surface area contributed by atoms with E-state index < -0.39 is 14.4 Å². The highest BCUT2D eigenvalue weighted by Crippen LogP contribution is 2.36. The molecule has 1 aromatic carbocycles. The zero-order chi connectivity index (χ0) is 20.5. The first-order chi connectivity index (χ1) is 12.6. The molecule has 0 spiro atoms. The second-order valence-electron chi connectivity index (χ2n) is 7.95. The molecule has 0 saturated carbocycles. The summed E-state index contributed by atoms with van der Waals surface area (Å²) in [6, 6.07) is 8.93. The number of carbonyl (C=O) groups is 1. The third-order valence-electron chi connectivity index (χ3n) is 4.66. The normalized spacial score (nSPS) is 13.8. The minimum absolute atomic E-state index is 0.184. The van der Waals surface area contributed by atoms with Gasteiger partial charge in [-0.3, -0.25) is 0 Å². The van der Waals surface area contributed by atoms with E-state index in [0.29, 0.717) is 12.2 Å². The van der Waals surface area contributed by atoms with Gasteiger partial charge in [0.05, 0.1) is 12.2 Å². The molecule has 1 atom stereocenters. The Hall–Kier alpha value is -2.09. The molecule has 0 aliphatic rings. The fraction of sp³-hybridized carbons (Fsp3) is 0.435. The molecule has 4 heteroatoms. The van der Waals surface area contributed by atoms with E-state index in [1.54, 1.807) is 18.2 Å². The van der Waals surface area contributed by atoms with Crippen molar-refractivity contribution in [1.82, 2.24) is 0 Å². The van der Waals surface area contributed by atoms with Crippen LogP contribution in [-0.2, 0) is 9.16 Å². The number of hydrogen-bond donors (Lipinski definition) is 0. The van der Waals surface area contributed by atoms with Crippen molar-refractivity contribution in [3.63, 3.8) is 0 Å². The van der Waals surface area contributed by atoms with Gasteiger partial charge in [0.15, 0.2) is 14.4 Å². The van der Waals surface area contributed by atoms with Crippen molar-refractivity contribution in [1.29, 1.82) is 0 Å². The lowest BCUT2D eigenvalue weighted by atomic mass is 10.2. The van der Waals surface area contributed by atoms with Crippen molar-refractivity contribution in [2.75, 3.05) is 6.61 Å². The van der Waals surface area contributed by atoms with Crippen LogP contribution in [0.25, 0.3) is 0 Å². The summed E-state index contributed by atoms with van der Waals surface area (Å²) < 4.78 is 11.6. The highest BCUT2D eigenvalue weighted by Gasteiger charge is 2.36. The molecule has 1 aromatic rings. The molecule has 0 fully saturated rings. The van der Waals surface area contributed by atoms with E-state index >= 15 is 0 Å². The Kier molecular flexibility index (Phi) is 8.75. The molecule has 146 valence electrons. The van der Waals surface area contributed by atoms with Crippen LogP contribution in [0.15, 0.2) is 54.1 Å². The maximum atomic E-state index is 12.2. The summed E-state index contributed by atoms with van der Waals surface area (Å²) in [7, 11) is -1.76. The summed E-state index contributed by atoms with van der Waals surface area (Å²) in [5, 5.41) is 0.184. The second-order valence-corrected chi connectivity index (χ2v) is 12.8. The van der Waals surface area contributed by atoms with Crippen molar-refractivity contribution in [2.45, 2.75) is 58.9 Å². The second kappa shape index (κ2) is 10.3. The van der Waals surface area contributed by atoms with E-state index in [-0.39, 0.29) is 11.0 Å². The smallest absolute Gasteiger partial charge is 0.339 e. The molecule has 3 nitrogen and oxygen atoms in total. The highest BCUT2D eigenvalue weighted by molar-refractivity contribution is 6.74. The van der Waals surface area contributed by atoms with Gasteiger partial charge in [-0.05, 0) is 67.8 Å². The molecule has 0 aromatic heterocycles. The zero-order valence-electron chi connectivity index (χ0n) is 17.6. The number of ether oxygens (including phenoxy) is 1. The van der Waals surface area contributed by atoms with Crippen LogP contribution in [-0.4, -0.2) is 27.0 Å². The average molecular weight is 385 g/mol. The fourth-order valence-electron chi connectivity index (χ4n) is 1.88. The first-order valence-electron chi connectivity index (χ1n) is 9.28. The summed E-state index contributed by atoms with van der Waals surface area (Å²) in [6.45, 7) is 15.5. The molecule has 0 N–H and O–H groups in total. The van der Waals surface area contributed by atoms with Crippen LogP contribution < -0.4 is 0 Å². The quantitative estimate of drug-likeness (QED) is 0.271. The number of benzene rings is 1. The molecule has 0 amide bonds. The first kappa shape index (κ1) is 22.9. The SMILES string of the molecule is C/C=C/C(C#C/C(C)=C\CO[Si](C)(C)C(C)(C)C)OC(=O)c1ccccc1. The molecule has 0 heterocycles. The molecule has 0 aliphatic heterocycles. The predicted octanol–water partition coefficient (Wildman–Crippen LogP) is 5.76. The van der Waals surface area contributed by atoms with Crippen molar-refractivity contribution < 1.29 is 14.0 Å². The molecule has 0 saturated heterocycles. The summed E-state index contributed by atoms with van der Waals surface area (Å²) >= 11 is 0. The Labute approximate surface area is 165 Å². The van der Waals surface area contributed by atoms with Crippen molar-refractivity contribution in [3.05, 3.63) is 59.7 Å². The minimum atomic E-state index is -1.76. The number of carbonyl (C=O) groups excluding carboxylic acids is 1. The third-order valence-corrected chi connectivity index (χ3v) is 9.16. The number of hydrogen-bond acceptors (Lipinski definition) is 3. The molecule has 1 rings (SSSR count). The number of esters is 1. The lowest BCUT2D eigenvalue weighted by Crippen LogP contribution is -2.40. The average Bonchev–Trinajstić information content (AvgIpc) is 2.59. The fourth-order valence-corrected chi connectivity index (χ4v) is 2.81. The van der Waals surface area contributed by atoms with Crippen LogP contribution in [0.4, 0.5) is 0 Å². The number of allylic oxidation sites excluding steroid dienone is 2. The van der Waals surface area contributed by atoms with Gasteiger partial charge in [0.2, 0.25) is 0 Å². The van der Waals surface area contributed by atoms with Crippen LogP contribution in [0.5, 0.6) is 0 Å². The van der Waals surface area contributed by atoms with Gasteiger partial charge in [-0.15, -0.1) is 0 Å². The molecule has 0 radical (unpaired) electrons. The first-order valence-corrected chi connectivity index (χ1v) is 12.2. The number of rotatable bonds is 6. The van der Waals surface area contributed by atoms with E-state index in [0.717, 1.165) is 5.57 Å². The summed E-state index contributed by atoms with van der Waals surface area (Å²) in [5.74, 6) is 5.70. The van der Waals surface area contributed by atoms with Gasteiger partial charge in [0.25, 0.3) is 0 Å². The van der Waals surface area contributed by atoms with E-state index in [4.69, 9.17) is 9.16 Å². The van der Waals surface area contributed by atoms with Gasteiger partial charge in [0.1, 0.15) is 0 Å². The Morgan fingerprint density at radius 2 is 1.85 bits per heavy atom. The third kappa shape index (κ3) is 7.98. The Balaban J connectivity index is 2.72. The topological polar surface area (TPSA) is 35.5 Å². The van der Waals surface area contributed by atoms with Gasteiger partial charge < -0.3 is 9.16 Å². The maximum Gasteiger partial charge on any atom is 0.339 e. The monoisotopic (exact) mass is 384 g/mol. The summed E-state index contributed by atoms with van der Waals surface area (Å²) in [6.07, 6.45) is 5.01. The van der Waals surface area contributed by atoms with Crippen molar-refractivity contribution in [2.24, 2.45) is 0 Å². The Bertz CT molecular complexity index is 728. The minimum Gasteiger partial charge on any atom is -0.441 e. The molecule has 27 heavy (non-hydrogen) atoms. The highest BCUT2D eigenvalue weighted by atomic mass is 28.4. The van der Waals surface area contributed by atoms with E-state index in [1.807, 2.05) is 44.2 Å². The van der Waals surface area contributed by atoms with Crippen molar-refractivity contribution in [3.8, 4) is 11.8 Å². The molecular formula is C23H32O3Si. The van der Waals surface area contributed by atoms with Gasteiger partial charge in [-0.2, -0.15) is 0 Å². The van der Waals surface area contributed by atoms with Crippen molar-refractivity contribution >= 4 is 14.3 Å². The van der Waals surface area contributed by atoms with Crippen LogP contribution in [0, 0.1) is 11.8 Å². The van der Waals surface area contributed by atoms with Crippen LogP contribution in [0.3, 0.4) is 0 Å². The summed E-state index contributed by atoms with van der Waals surface area (Å²) in [5.41, 5.74) is 1.42. The van der Waals surface area contributed by atoms with Crippen LogP contribution in [0.2, 0.25) is 18.1 Å². The van der Waals surface area contributed by atoms with E-state index in [9.17, 15) is 4.79 Å². The molecular weight excluding hydrogens is 352 g/mol. The molecule has 0 bridgehead atoms. The van der Waals surface area contributed by atoms with Gasteiger partial charge >= 0.3 is 5.97 Å². The molecule has 1 unspecified atom stereocenters. The lowest BCUT2D eigenvalue weighted by molar-refractivity contribution is 0.0475. The van der Waals surface area contributed by atoms with E-state index in [1.165, 1.54) is 0 Å². The van der Waals surface area contributed by atoms with Gasteiger partial charge in [-0.25, -0.2) is 4.79 Å². The van der Waals surface area contributed by atoms with Gasteiger partial charge in [-0.1, -0.05) is 51.0 Å². The van der Waals surface area contributed by atoms with E-state index in [2.05, 4.69) is 45.7 Å². The van der Waals surface area contributed by atoms with Crippen LogP contribution in [0.1, 0.15) is 45.0 Å². The summed E-state index contributed by atoms with van der Waals surface area (Å²) in [4.78, 5) is 12.2. The lowest BCUT2D eigenvalue weighted by Gasteiger charge is -2.35. The maximum absolute atomic E-state index is 12.2. The van der Waals surface area contributed by atoms with Crippen LogP contribution >= 0.6 is 0 Å². The zero-order valence-corrected chi connectivity index (χ0v) is 18.6. The standard InChI is InChI=1S/C23H32O3Si/c1-8-12-21(26-22(24)20-13-10-9-11-14-20)16-15-19(2)17-18-25-27(6,7)23(3,4)5/h8-14,17,21H,18H2,1-7H3/b12-8+,19-17-.